The second-order valence-corrected chi connectivity index (χ2v) is 8.57. The van der Waals surface area contributed by atoms with Crippen molar-refractivity contribution < 1.29 is 14.3 Å². The summed E-state index contributed by atoms with van der Waals surface area (Å²) < 4.78 is 5.68. The van der Waals surface area contributed by atoms with Gasteiger partial charge in [0.25, 0.3) is 5.91 Å². The van der Waals surface area contributed by atoms with Crippen molar-refractivity contribution in [2.45, 2.75) is 32.7 Å². The summed E-state index contributed by atoms with van der Waals surface area (Å²) in [6, 6.07) is 21.4. The molecule has 1 amide bonds. The van der Waals surface area contributed by atoms with Crippen molar-refractivity contribution in [1.82, 2.24) is 0 Å². The number of rotatable bonds is 3. The lowest BCUT2D eigenvalue weighted by atomic mass is 9.85. The van der Waals surface area contributed by atoms with E-state index in [-0.39, 0.29) is 19.1 Å². The van der Waals surface area contributed by atoms with E-state index in [4.69, 9.17) is 16.3 Å². The van der Waals surface area contributed by atoms with E-state index in [9.17, 15) is 9.59 Å². The number of halogens is 1. The third-order valence-corrected chi connectivity index (χ3v) is 6.43. The lowest BCUT2D eigenvalue weighted by Gasteiger charge is -2.34. The average Bonchev–Trinajstić information content (AvgIpc) is 2.99. The fraction of sp³-hybridized carbons (Fsp3) is 0.214. The van der Waals surface area contributed by atoms with Crippen LogP contribution in [0, 0.1) is 0 Å². The van der Waals surface area contributed by atoms with Gasteiger partial charge in [-0.3, -0.25) is 14.5 Å². The number of ketones is 1. The predicted molar refractivity (Wildman–Crippen MR) is 137 cm³/mol. The number of para-hydroxylation sites is 3. The molecule has 3 aromatic rings. The molecule has 34 heavy (non-hydrogen) atoms. The van der Waals surface area contributed by atoms with E-state index in [0.29, 0.717) is 34.0 Å². The quantitative estimate of drug-likeness (QED) is 0.453. The highest BCUT2D eigenvalue weighted by Crippen LogP contribution is 2.47. The zero-order chi connectivity index (χ0) is 22.9. The Labute approximate surface area is 205 Å². The standard InChI is InChI=1S/C27H23ClN2O3.CH4/c1-33-24-12-5-2-7-19(24)26-25-21(9-6-11-23(25)31)29-20-8-3-4-10-22(20)30(26)27(32)17-13-15-18(28)16-14-17;/h2-5,7-8,10,12-16,26,29H,6,9,11H2,1H3;1H4. The number of Topliss-reactive ketones (excluding diaryl/α,β-unsaturated/α-hetero) is 1. The lowest BCUT2D eigenvalue weighted by Crippen LogP contribution is -2.38. The molecule has 6 heteroatoms. The van der Waals surface area contributed by atoms with Gasteiger partial charge in [-0.2, -0.15) is 0 Å². The molecular weight excluding hydrogens is 448 g/mol. The molecule has 174 valence electrons. The van der Waals surface area contributed by atoms with Gasteiger partial charge in [-0.1, -0.05) is 49.4 Å². The van der Waals surface area contributed by atoms with Gasteiger partial charge in [0.2, 0.25) is 0 Å². The van der Waals surface area contributed by atoms with Crippen molar-refractivity contribution >= 4 is 34.7 Å². The molecule has 1 unspecified atom stereocenters. The molecule has 1 aliphatic carbocycles. The molecule has 1 atom stereocenters. The Kier molecular flexibility index (Phi) is 6.75. The lowest BCUT2D eigenvalue weighted by molar-refractivity contribution is -0.116. The minimum absolute atomic E-state index is 0. The Balaban J connectivity index is 0.00000274. The van der Waals surface area contributed by atoms with Crippen LogP contribution in [0.25, 0.3) is 0 Å². The van der Waals surface area contributed by atoms with E-state index in [1.165, 1.54) is 0 Å². The summed E-state index contributed by atoms with van der Waals surface area (Å²) in [5.41, 5.74) is 4.23. The van der Waals surface area contributed by atoms with Crippen LogP contribution in [0.15, 0.2) is 84.1 Å². The number of hydrogen-bond acceptors (Lipinski definition) is 4. The number of anilines is 2. The van der Waals surface area contributed by atoms with Gasteiger partial charge in [0.05, 0.1) is 24.5 Å². The van der Waals surface area contributed by atoms with Gasteiger partial charge in [0, 0.05) is 33.8 Å². The number of ether oxygens (including phenoxy) is 1. The number of nitrogens with zero attached hydrogens (tertiary/aromatic N) is 1. The molecule has 5 nitrogen and oxygen atoms in total. The second kappa shape index (κ2) is 9.74. The van der Waals surface area contributed by atoms with Crippen molar-refractivity contribution in [2.75, 3.05) is 17.3 Å². The van der Waals surface area contributed by atoms with E-state index < -0.39 is 6.04 Å². The third kappa shape index (κ3) is 4.08. The zero-order valence-corrected chi connectivity index (χ0v) is 18.9. The molecule has 0 saturated heterocycles. The highest BCUT2D eigenvalue weighted by molar-refractivity contribution is 6.30. The van der Waals surface area contributed by atoms with Crippen LogP contribution in [-0.2, 0) is 4.79 Å². The van der Waals surface area contributed by atoms with Crippen LogP contribution in [0.5, 0.6) is 5.75 Å². The SMILES string of the molecule is C.COc1ccccc1C1C2=C(CCCC2=O)Nc2ccccc2N1C(=O)c1ccc(Cl)cc1. The first-order valence-corrected chi connectivity index (χ1v) is 11.3. The monoisotopic (exact) mass is 474 g/mol. The van der Waals surface area contributed by atoms with Gasteiger partial charge in [0.15, 0.2) is 5.78 Å². The molecule has 0 fully saturated rings. The van der Waals surface area contributed by atoms with E-state index in [2.05, 4.69) is 5.32 Å². The van der Waals surface area contributed by atoms with E-state index >= 15 is 0 Å². The molecule has 2 aliphatic rings. The summed E-state index contributed by atoms with van der Waals surface area (Å²) in [5.74, 6) is 0.450. The van der Waals surface area contributed by atoms with Crippen LogP contribution >= 0.6 is 11.6 Å². The Hall–Kier alpha value is -3.57. The Morgan fingerprint density at radius 1 is 1.00 bits per heavy atom. The van der Waals surface area contributed by atoms with Crippen LogP contribution < -0.4 is 15.0 Å². The Bertz CT molecular complexity index is 1270. The highest BCUT2D eigenvalue weighted by Gasteiger charge is 2.40. The fourth-order valence-electron chi connectivity index (χ4n) is 4.68. The molecule has 0 aromatic heterocycles. The van der Waals surface area contributed by atoms with Crippen molar-refractivity contribution in [3.05, 3.63) is 100 Å². The van der Waals surface area contributed by atoms with Crippen molar-refractivity contribution in [3.63, 3.8) is 0 Å². The minimum atomic E-state index is -0.636. The summed E-state index contributed by atoms with van der Waals surface area (Å²) in [5, 5.41) is 4.03. The molecule has 0 bridgehead atoms. The number of allylic oxidation sites excluding steroid dienone is 1. The molecule has 1 aliphatic heterocycles. The van der Waals surface area contributed by atoms with E-state index in [1.54, 1.807) is 36.3 Å². The van der Waals surface area contributed by atoms with E-state index in [0.717, 1.165) is 29.8 Å². The summed E-state index contributed by atoms with van der Waals surface area (Å²) in [6.45, 7) is 0. The number of nitrogens with one attached hydrogen (secondary N) is 1. The smallest absolute Gasteiger partial charge is 0.259 e. The van der Waals surface area contributed by atoms with Gasteiger partial charge >= 0.3 is 0 Å². The fourth-order valence-corrected chi connectivity index (χ4v) is 4.80. The van der Waals surface area contributed by atoms with Crippen LogP contribution in [0.3, 0.4) is 0 Å². The van der Waals surface area contributed by atoms with E-state index in [1.807, 2.05) is 48.5 Å². The number of amides is 1. The number of methoxy groups -OCH3 is 1. The summed E-state index contributed by atoms with van der Waals surface area (Å²) in [4.78, 5) is 29.2. The largest absolute Gasteiger partial charge is 0.496 e. The Morgan fingerprint density at radius 3 is 2.47 bits per heavy atom. The molecular formula is C28H27ClN2O3. The minimum Gasteiger partial charge on any atom is -0.496 e. The van der Waals surface area contributed by atoms with Crippen molar-refractivity contribution in [3.8, 4) is 5.75 Å². The topological polar surface area (TPSA) is 58.6 Å². The Morgan fingerprint density at radius 2 is 1.71 bits per heavy atom. The summed E-state index contributed by atoms with van der Waals surface area (Å²) in [7, 11) is 1.60. The maximum atomic E-state index is 14.1. The van der Waals surface area contributed by atoms with Crippen LogP contribution in [-0.4, -0.2) is 18.8 Å². The van der Waals surface area contributed by atoms with Crippen LogP contribution in [0.2, 0.25) is 5.02 Å². The van der Waals surface area contributed by atoms with Crippen LogP contribution in [0.4, 0.5) is 11.4 Å². The third-order valence-electron chi connectivity index (χ3n) is 6.18. The van der Waals surface area contributed by atoms with Gasteiger partial charge in [-0.15, -0.1) is 0 Å². The molecule has 0 radical (unpaired) electrons. The number of carbonyl (C=O) groups excluding carboxylic acids is 2. The second-order valence-electron chi connectivity index (χ2n) is 8.14. The molecule has 1 N–H and O–H groups in total. The molecule has 0 spiro atoms. The predicted octanol–water partition coefficient (Wildman–Crippen LogP) is 6.81. The number of benzene rings is 3. The first kappa shape index (κ1) is 23.6. The summed E-state index contributed by atoms with van der Waals surface area (Å²) >= 11 is 6.08. The number of hydrogen-bond donors (Lipinski definition) is 1. The van der Waals surface area contributed by atoms with Gasteiger partial charge in [-0.05, 0) is 55.3 Å². The molecule has 3 aromatic carbocycles. The van der Waals surface area contributed by atoms with Crippen molar-refractivity contribution in [2.24, 2.45) is 0 Å². The number of fused-ring (bicyclic) bond motifs is 1. The number of carbonyl (C=O) groups is 2. The van der Waals surface area contributed by atoms with Gasteiger partial charge in [0.1, 0.15) is 5.75 Å². The van der Waals surface area contributed by atoms with Crippen LogP contribution in [0.1, 0.15) is 48.7 Å². The highest BCUT2D eigenvalue weighted by atomic mass is 35.5. The first-order chi connectivity index (χ1) is 16.1. The maximum Gasteiger partial charge on any atom is 0.259 e. The van der Waals surface area contributed by atoms with Crippen molar-refractivity contribution in [1.29, 1.82) is 0 Å². The molecule has 1 heterocycles. The summed E-state index contributed by atoms with van der Waals surface area (Å²) in [6.07, 6.45) is 1.96. The molecule has 0 saturated carbocycles. The molecule has 5 rings (SSSR count). The van der Waals surface area contributed by atoms with Gasteiger partial charge in [-0.25, -0.2) is 0 Å². The van der Waals surface area contributed by atoms with Gasteiger partial charge < -0.3 is 10.1 Å². The average molecular weight is 475 g/mol. The zero-order valence-electron chi connectivity index (χ0n) is 18.2. The maximum absolute atomic E-state index is 14.1. The normalized spacial score (nSPS) is 17.1. The first-order valence-electron chi connectivity index (χ1n) is 10.9.